The number of rotatable bonds is 6. The van der Waals surface area contributed by atoms with Crippen LogP contribution in [-0.4, -0.2) is 36.6 Å². The molecule has 31 heavy (non-hydrogen) atoms. The Hall–Kier alpha value is -4.00. The molecule has 4 aromatic rings. The summed E-state index contributed by atoms with van der Waals surface area (Å²) in [6.45, 7) is 2.00. The average Bonchev–Trinajstić information content (AvgIpc) is 3.14. The van der Waals surface area contributed by atoms with Crippen LogP contribution in [0.1, 0.15) is 16.1 Å². The summed E-state index contributed by atoms with van der Waals surface area (Å²) < 4.78 is 17.7. The van der Waals surface area contributed by atoms with Gasteiger partial charge in [-0.25, -0.2) is 4.98 Å². The second-order valence-electron chi connectivity index (χ2n) is 6.98. The lowest BCUT2D eigenvalue weighted by Crippen LogP contribution is -2.12. The Labute approximate surface area is 180 Å². The Morgan fingerprint density at radius 2 is 1.52 bits per heavy atom. The van der Waals surface area contributed by atoms with E-state index in [-0.39, 0.29) is 5.91 Å². The monoisotopic (exact) mass is 417 g/mol. The van der Waals surface area contributed by atoms with Gasteiger partial charge in [0, 0.05) is 29.1 Å². The Morgan fingerprint density at radius 3 is 2.13 bits per heavy atom. The van der Waals surface area contributed by atoms with Gasteiger partial charge in [0.05, 0.1) is 32.7 Å². The van der Waals surface area contributed by atoms with Gasteiger partial charge in [-0.05, 0) is 55.5 Å². The first-order chi connectivity index (χ1) is 15.0. The van der Waals surface area contributed by atoms with E-state index < -0.39 is 0 Å². The van der Waals surface area contributed by atoms with Gasteiger partial charge in [-0.2, -0.15) is 0 Å². The second kappa shape index (κ2) is 8.39. The van der Waals surface area contributed by atoms with Gasteiger partial charge in [-0.1, -0.05) is 0 Å². The van der Waals surface area contributed by atoms with Crippen molar-refractivity contribution in [3.05, 3.63) is 72.1 Å². The van der Waals surface area contributed by atoms with Crippen LogP contribution >= 0.6 is 0 Å². The molecule has 0 atom stereocenters. The molecule has 0 spiro atoms. The number of carbonyl (C=O) groups is 1. The SMILES string of the molecule is COc1ccc(-c2nc3ccc(NC(=O)c4cc(OC)cc(OC)c4)cn3c2C)cc1. The molecule has 2 aromatic carbocycles. The average molecular weight is 417 g/mol. The number of hydrogen-bond acceptors (Lipinski definition) is 5. The maximum atomic E-state index is 12.8. The summed E-state index contributed by atoms with van der Waals surface area (Å²) in [4.78, 5) is 17.5. The van der Waals surface area contributed by atoms with Crippen molar-refractivity contribution in [2.75, 3.05) is 26.6 Å². The quantitative estimate of drug-likeness (QED) is 0.497. The third kappa shape index (κ3) is 4.02. The predicted octanol–water partition coefficient (Wildman–Crippen LogP) is 4.59. The van der Waals surface area contributed by atoms with Crippen LogP contribution in [0, 0.1) is 6.92 Å². The van der Waals surface area contributed by atoms with Crippen LogP contribution in [0.5, 0.6) is 17.2 Å². The van der Waals surface area contributed by atoms with Gasteiger partial charge in [0.1, 0.15) is 22.9 Å². The van der Waals surface area contributed by atoms with Gasteiger partial charge in [-0.3, -0.25) is 4.79 Å². The van der Waals surface area contributed by atoms with E-state index in [1.807, 2.05) is 53.9 Å². The summed E-state index contributed by atoms with van der Waals surface area (Å²) >= 11 is 0. The van der Waals surface area contributed by atoms with Crippen molar-refractivity contribution in [2.24, 2.45) is 0 Å². The minimum absolute atomic E-state index is 0.260. The number of amides is 1. The lowest BCUT2D eigenvalue weighted by molar-refractivity contribution is 0.102. The highest BCUT2D eigenvalue weighted by Gasteiger charge is 2.14. The van der Waals surface area contributed by atoms with Gasteiger partial charge in [0.15, 0.2) is 0 Å². The molecule has 0 aliphatic heterocycles. The number of carbonyl (C=O) groups excluding carboxylic acids is 1. The molecule has 4 rings (SSSR count). The summed E-state index contributed by atoms with van der Waals surface area (Å²) in [7, 11) is 4.74. The molecule has 2 aromatic heterocycles. The molecular weight excluding hydrogens is 394 g/mol. The van der Waals surface area contributed by atoms with E-state index in [1.165, 1.54) is 0 Å². The number of ether oxygens (including phenoxy) is 3. The van der Waals surface area contributed by atoms with E-state index in [9.17, 15) is 4.79 Å². The summed E-state index contributed by atoms with van der Waals surface area (Å²) in [5.74, 6) is 1.64. The maximum absolute atomic E-state index is 12.8. The van der Waals surface area contributed by atoms with E-state index in [4.69, 9.17) is 19.2 Å². The fraction of sp³-hybridized carbons (Fsp3) is 0.167. The molecule has 158 valence electrons. The number of benzene rings is 2. The number of pyridine rings is 1. The summed E-state index contributed by atoms with van der Waals surface area (Å²) in [5, 5.41) is 2.93. The molecule has 2 heterocycles. The molecule has 1 N–H and O–H groups in total. The predicted molar refractivity (Wildman–Crippen MR) is 119 cm³/mol. The highest BCUT2D eigenvalue weighted by atomic mass is 16.5. The molecule has 0 fully saturated rings. The lowest BCUT2D eigenvalue weighted by atomic mass is 10.1. The minimum Gasteiger partial charge on any atom is -0.497 e. The molecular formula is C24H23N3O4. The topological polar surface area (TPSA) is 74.1 Å². The third-order valence-corrected chi connectivity index (χ3v) is 5.09. The molecule has 0 aliphatic rings. The first-order valence-electron chi connectivity index (χ1n) is 9.70. The van der Waals surface area contributed by atoms with E-state index in [0.29, 0.717) is 22.7 Å². The van der Waals surface area contributed by atoms with Gasteiger partial charge in [-0.15, -0.1) is 0 Å². The van der Waals surface area contributed by atoms with Crippen molar-refractivity contribution in [2.45, 2.75) is 6.92 Å². The zero-order valence-corrected chi connectivity index (χ0v) is 17.8. The first-order valence-corrected chi connectivity index (χ1v) is 9.70. The van der Waals surface area contributed by atoms with Crippen molar-refractivity contribution < 1.29 is 19.0 Å². The normalized spacial score (nSPS) is 10.7. The maximum Gasteiger partial charge on any atom is 0.255 e. The molecule has 0 saturated heterocycles. The lowest BCUT2D eigenvalue weighted by Gasteiger charge is -2.10. The van der Waals surface area contributed by atoms with Gasteiger partial charge < -0.3 is 23.9 Å². The molecule has 0 aliphatic carbocycles. The largest absolute Gasteiger partial charge is 0.497 e. The fourth-order valence-electron chi connectivity index (χ4n) is 3.40. The number of nitrogens with one attached hydrogen (secondary N) is 1. The molecule has 1 amide bonds. The van der Waals surface area contributed by atoms with E-state index in [0.717, 1.165) is 28.3 Å². The summed E-state index contributed by atoms with van der Waals surface area (Å²) in [6.07, 6.45) is 1.86. The Balaban J connectivity index is 1.63. The van der Waals surface area contributed by atoms with Crippen LogP contribution in [0.15, 0.2) is 60.8 Å². The molecule has 0 unspecified atom stereocenters. The van der Waals surface area contributed by atoms with Crippen LogP contribution in [0.3, 0.4) is 0 Å². The number of hydrogen-bond donors (Lipinski definition) is 1. The molecule has 0 saturated carbocycles. The Bertz CT molecular complexity index is 1220. The molecule has 7 heteroatoms. The Kier molecular flexibility index (Phi) is 5.49. The number of aryl methyl sites for hydroxylation is 1. The number of anilines is 1. The van der Waals surface area contributed by atoms with Crippen LogP contribution in [-0.2, 0) is 0 Å². The third-order valence-electron chi connectivity index (χ3n) is 5.09. The van der Waals surface area contributed by atoms with Gasteiger partial charge in [0.25, 0.3) is 5.91 Å². The summed E-state index contributed by atoms with van der Waals surface area (Å²) in [5.41, 5.74) is 4.74. The van der Waals surface area contributed by atoms with Crippen LogP contribution < -0.4 is 19.5 Å². The van der Waals surface area contributed by atoms with Crippen LogP contribution in [0.4, 0.5) is 5.69 Å². The van der Waals surface area contributed by atoms with Crippen molar-refractivity contribution in [3.8, 4) is 28.5 Å². The fourth-order valence-corrected chi connectivity index (χ4v) is 3.40. The van der Waals surface area contributed by atoms with E-state index in [1.54, 1.807) is 39.5 Å². The Morgan fingerprint density at radius 1 is 0.871 bits per heavy atom. The first kappa shape index (κ1) is 20.3. The summed E-state index contributed by atoms with van der Waals surface area (Å²) in [6, 6.07) is 16.5. The van der Waals surface area contributed by atoms with Crippen LogP contribution in [0.25, 0.3) is 16.9 Å². The van der Waals surface area contributed by atoms with Gasteiger partial charge >= 0.3 is 0 Å². The zero-order chi connectivity index (χ0) is 22.0. The number of aromatic nitrogens is 2. The van der Waals surface area contributed by atoms with Crippen molar-refractivity contribution in [1.29, 1.82) is 0 Å². The van der Waals surface area contributed by atoms with E-state index in [2.05, 4.69) is 5.32 Å². The number of methoxy groups -OCH3 is 3. The molecule has 7 nitrogen and oxygen atoms in total. The molecule has 0 radical (unpaired) electrons. The number of nitrogens with zero attached hydrogens (tertiary/aromatic N) is 2. The number of fused-ring (bicyclic) bond motifs is 1. The van der Waals surface area contributed by atoms with E-state index >= 15 is 0 Å². The van der Waals surface area contributed by atoms with Gasteiger partial charge in [0.2, 0.25) is 0 Å². The number of imidazole rings is 1. The van der Waals surface area contributed by atoms with Crippen LogP contribution in [0.2, 0.25) is 0 Å². The minimum atomic E-state index is -0.260. The van der Waals surface area contributed by atoms with Crippen molar-refractivity contribution in [3.63, 3.8) is 0 Å². The second-order valence-corrected chi connectivity index (χ2v) is 6.98. The standard InChI is InChI=1S/C24H23N3O4/c1-15-23(16-5-8-19(29-2)9-6-16)26-22-10-7-18(14-27(15)22)25-24(28)17-11-20(30-3)13-21(12-17)31-4/h5-14H,1-4H3,(H,25,28). The smallest absolute Gasteiger partial charge is 0.255 e. The molecule has 0 bridgehead atoms. The van der Waals surface area contributed by atoms with Crippen molar-refractivity contribution in [1.82, 2.24) is 9.38 Å². The van der Waals surface area contributed by atoms with Crippen molar-refractivity contribution >= 4 is 17.2 Å². The highest BCUT2D eigenvalue weighted by molar-refractivity contribution is 6.04. The highest BCUT2D eigenvalue weighted by Crippen LogP contribution is 2.27. The zero-order valence-electron chi connectivity index (χ0n) is 17.8.